The van der Waals surface area contributed by atoms with Gasteiger partial charge in [-0.15, -0.1) is 0 Å². The third-order valence-electron chi connectivity index (χ3n) is 15.1. The van der Waals surface area contributed by atoms with Crippen LogP contribution in [0, 0.1) is 27.7 Å². The number of anilines is 11. The zero-order valence-corrected chi connectivity index (χ0v) is 45.9. The third kappa shape index (κ3) is 11.1. The van der Waals surface area contributed by atoms with Crippen molar-refractivity contribution in [2.24, 2.45) is 0 Å². The molecule has 0 amide bonds. The van der Waals surface area contributed by atoms with Crippen molar-refractivity contribution in [3.05, 3.63) is 325 Å². The Labute approximate surface area is 472 Å². The average molecular weight is 1030 g/mol. The summed E-state index contributed by atoms with van der Waals surface area (Å²) in [6, 6.07) is 101. The van der Waals surface area contributed by atoms with Crippen molar-refractivity contribution in [1.82, 2.24) is 0 Å². The van der Waals surface area contributed by atoms with Gasteiger partial charge in [-0.05, 0) is 236 Å². The van der Waals surface area contributed by atoms with Crippen LogP contribution in [0.25, 0.3) is 27.8 Å². The summed E-state index contributed by atoms with van der Waals surface area (Å²) in [6.45, 7) is 8.60. The van der Waals surface area contributed by atoms with Gasteiger partial charge >= 0.3 is 0 Å². The van der Waals surface area contributed by atoms with E-state index in [1.54, 1.807) is 0 Å². The summed E-state index contributed by atoms with van der Waals surface area (Å²) in [4.78, 5) is 9.43. The first-order valence-electron chi connectivity index (χ1n) is 27.8. The van der Waals surface area contributed by atoms with E-state index in [1.807, 2.05) is 0 Å². The predicted octanol–water partition coefficient (Wildman–Crippen LogP) is 21.6. The van der Waals surface area contributed by atoms with E-state index in [-0.39, 0.29) is 0 Å². The van der Waals surface area contributed by atoms with Crippen LogP contribution >= 0.6 is 0 Å². The van der Waals surface area contributed by atoms with Crippen molar-refractivity contribution >= 4 is 68.1 Å². The van der Waals surface area contributed by atoms with Gasteiger partial charge in [0.15, 0.2) is 0 Å². The molecule has 12 rings (SSSR count). The SMILES string of the molecule is Cc1cccc(N(c2ccc(C3=CC=C(N(c4ccccc4)c4ccc(-c5ccc(N(c6ccccc6)c6ccc(-c7ccc(N(c8cccc(C)c8)c8cccc(C)c8)cc7)cc6)cc5)cc4)CC3)cc2)c2cccc(C)c2)c1. The van der Waals surface area contributed by atoms with Gasteiger partial charge in [0.1, 0.15) is 0 Å². The Morgan fingerprint density at radius 3 is 0.775 bits per heavy atom. The maximum atomic E-state index is 2.41. The van der Waals surface area contributed by atoms with E-state index in [2.05, 4.69) is 338 Å². The van der Waals surface area contributed by atoms with Crippen LogP contribution in [0.4, 0.5) is 62.6 Å². The molecule has 0 radical (unpaired) electrons. The number of nitrogens with zero attached hydrogens (tertiary/aromatic N) is 4. The zero-order valence-electron chi connectivity index (χ0n) is 45.9. The van der Waals surface area contributed by atoms with Crippen molar-refractivity contribution in [3.63, 3.8) is 0 Å². The van der Waals surface area contributed by atoms with Crippen molar-refractivity contribution in [1.29, 1.82) is 0 Å². The average Bonchev–Trinajstić information content (AvgIpc) is 3.50. The number of hydrogen-bond donors (Lipinski definition) is 0. The van der Waals surface area contributed by atoms with Crippen molar-refractivity contribution < 1.29 is 0 Å². The van der Waals surface area contributed by atoms with Gasteiger partial charge in [0.25, 0.3) is 0 Å². The smallest absolute Gasteiger partial charge is 0.0464 e. The van der Waals surface area contributed by atoms with Gasteiger partial charge < -0.3 is 19.6 Å². The molecule has 0 unspecified atom stereocenters. The topological polar surface area (TPSA) is 13.0 Å². The van der Waals surface area contributed by atoms with Gasteiger partial charge in [-0.3, -0.25) is 0 Å². The molecule has 0 bridgehead atoms. The van der Waals surface area contributed by atoms with E-state index in [1.165, 1.54) is 55.8 Å². The van der Waals surface area contributed by atoms with Crippen LogP contribution < -0.4 is 19.6 Å². The Bertz CT molecular complexity index is 3860. The summed E-state index contributed by atoms with van der Waals surface area (Å²) in [5, 5.41) is 0. The standard InChI is InChI=1S/C76H64N4/c1-55-15-11-23-73(51-55)79(74-24-12-16-56(2)52-74)71-47-35-63(36-48-71)61-31-43-69(44-32-61)77(65-19-7-5-8-20-65)67-39-27-59(28-40-67)60-29-41-68(42-30-60)78(66-21-9-6-10-22-66)70-45-33-62(34-46-70)64-37-49-72(50-38-64)80(75-25-13-17-57(3)53-75)76-26-14-18-58(4)54-76/h5-33,35-45,47-54H,34,46H2,1-4H3. The molecule has 388 valence electrons. The van der Waals surface area contributed by atoms with Crippen LogP contribution in [0.1, 0.15) is 40.7 Å². The molecule has 4 heteroatoms. The first kappa shape index (κ1) is 50.9. The highest BCUT2D eigenvalue weighted by Crippen LogP contribution is 2.42. The second-order valence-corrected chi connectivity index (χ2v) is 21.0. The molecule has 0 heterocycles. The van der Waals surface area contributed by atoms with Crippen LogP contribution in [0.2, 0.25) is 0 Å². The normalized spacial score (nSPS) is 12.1. The minimum atomic E-state index is 0.918. The molecule has 0 aromatic heterocycles. The monoisotopic (exact) mass is 1030 g/mol. The second kappa shape index (κ2) is 23.0. The number of para-hydroxylation sites is 2. The number of benzene rings is 11. The lowest BCUT2D eigenvalue weighted by atomic mass is 9.94. The molecule has 11 aromatic carbocycles. The molecule has 0 atom stereocenters. The number of rotatable bonds is 15. The van der Waals surface area contributed by atoms with E-state index in [9.17, 15) is 0 Å². The van der Waals surface area contributed by atoms with Crippen molar-refractivity contribution in [2.75, 3.05) is 19.6 Å². The van der Waals surface area contributed by atoms with Gasteiger partial charge in [0, 0.05) is 68.3 Å². The highest BCUT2D eigenvalue weighted by atomic mass is 15.2. The molecule has 0 saturated carbocycles. The first-order chi connectivity index (χ1) is 39.3. The molecule has 0 fully saturated rings. The lowest BCUT2D eigenvalue weighted by Gasteiger charge is -2.30. The summed E-state index contributed by atoms with van der Waals surface area (Å²) in [5.74, 6) is 0. The number of aryl methyl sites for hydroxylation is 4. The fourth-order valence-corrected chi connectivity index (χ4v) is 11.1. The van der Waals surface area contributed by atoms with Crippen LogP contribution in [0.3, 0.4) is 0 Å². The van der Waals surface area contributed by atoms with E-state index in [0.29, 0.717) is 0 Å². The summed E-state index contributed by atoms with van der Waals surface area (Å²) >= 11 is 0. The molecular formula is C76H64N4. The number of hydrogen-bond acceptors (Lipinski definition) is 4. The highest BCUT2D eigenvalue weighted by Gasteiger charge is 2.21. The molecule has 80 heavy (non-hydrogen) atoms. The molecule has 0 saturated heterocycles. The lowest BCUT2D eigenvalue weighted by molar-refractivity contribution is 0.930. The zero-order chi connectivity index (χ0) is 54.4. The Kier molecular flexibility index (Phi) is 14.6. The fourth-order valence-electron chi connectivity index (χ4n) is 11.1. The largest absolute Gasteiger partial charge is 0.314 e. The van der Waals surface area contributed by atoms with Gasteiger partial charge in [-0.25, -0.2) is 0 Å². The van der Waals surface area contributed by atoms with E-state index in [4.69, 9.17) is 0 Å². The van der Waals surface area contributed by atoms with E-state index < -0.39 is 0 Å². The summed E-state index contributed by atoms with van der Waals surface area (Å²) < 4.78 is 0. The fraction of sp³-hybridized carbons (Fsp3) is 0.0789. The molecule has 0 N–H and O–H groups in total. The minimum Gasteiger partial charge on any atom is -0.314 e. The Morgan fingerprint density at radius 2 is 0.475 bits per heavy atom. The van der Waals surface area contributed by atoms with Gasteiger partial charge in [-0.2, -0.15) is 0 Å². The maximum absolute atomic E-state index is 2.41. The third-order valence-corrected chi connectivity index (χ3v) is 15.1. The highest BCUT2D eigenvalue weighted by molar-refractivity contribution is 5.84. The molecule has 1 aliphatic rings. The van der Waals surface area contributed by atoms with Crippen molar-refractivity contribution in [3.8, 4) is 22.3 Å². The Morgan fingerprint density at radius 1 is 0.212 bits per heavy atom. The first-order valence-corrected chi connectivity index (χ1v) is 27.8. The molecule has 4 nitrogen and oxygen atoms in total. The molecule has 0 aliphatic heterocycles. The van der Waals surface area contributed by atoms with E-state index in [0.717, 1.165) is 81.0 Å². The maximum Gasteiger partial charge on any atom is 0.0464 e. The van der Waals surface area contributed by atoms with Gasteiger partial charge in [0.05, 0.1) is 0 Å². The summed E-state index contributed by atoms with van der Waals surface area (Å²) in [7, 11) is 0. The predicted molar refractivity (Wildman–Crippen MR) is 341 cm³/mol. The molecular weight excluding hydrogens is 969 g/mol. The quantitative estimate of drug-likeness (QED) is 0.101. The molecule has 11 aromatic rings. The van der Waals surface area contributed by atoms with Crippen LogP contribution in [-0.4, -0.2) is 0 Å². The van der Waals surface area contributed by atoms with Crippen LogP contribution in [0.15, 0.2) is 297 Å². The summed E-state index contributed by atoms with van der Waals surface area (Å²) in [5.41, 5.74) is 25.9. The Balaban J connectivity index is 0.772. The molecule has 0 spiro atoms. The Hall–Kier alpha value is -9.90. The second-order valence-electron chi connectivity index (χ2n) is 21.0. The minimum absolute atomic E-state index is 0.918. The lowest BCUT2D eigenvalue weighted by Crippen LogP contribution is -2.17. The van der Waals surface area contributed by atoms with Gasteiger partial charge in [0.2, 0.25) is 0 Å². The molecule has 1 aliphatic carbocycles. The van der Waals surface area contributed by atoms with Crippen LogP contribution in [0.5, 0.6) is 0 Å². The number of allylic oxidation sites excluding steroid dienone is 4. The van der Waals surface area contributed by atoms with Crippen molar-refractivity contribution in [2.45, 2.75) is 40.5 Å². The summed E-state index contributed by atoms with van der Waals surface area (Å²) in [6.07, 6.45) is 6.49. The van der Waals surface area contributed by atoms with Crippen LogP contribution in [-0.2, 0) is 0 Å². The van der Waals surface area contributed by atoms with Gasteiger partial charge in [-0.1, -0.05) is 152 Å². The van der Waals surface area contributed by atoms with E-state index >= 15 is 0 Å².